The molecule has 0 aliphatic carbocycles. The van der Waals surface area contributed by atoms with Crippen LogP contribution in [-0.2, 0) is 19.6 Å². The first-order valence-electron chi connectivity index (χ1n) is 9.17. The van der Waals surface area contributed by atoms with E-state index < -0.39 is 27.8 Å². The Morgan fingerprint density at radius 1 is 1.18 bits per heavy atom. The molecule has 8 nitrogen and oxygen atoms in total. The van der Waals surface area contributed by atoms with E-state index in [1.54, 1.807) is 45.6 Å². The number of hydrogen-bond acceptors (Lipinski definition) is 6. The number of ether oxygens (including phenoxy) is 1. The van der Waals surface area contributed by atoms with E-state index >= 15 is 0 Å². The SMILES string of the molecule is Cc1cc(S(=O)(=O)N2CCN(C(=O)C(C)NC(=O)OC(C)(C)C)CC2)c(C)s1. The summed E-state index contributed by atoms with van der Waals surface area (Å²) in [6.07, 6.45) is -0.655. The topological polar surface area (TPSA) is 96.0 Å². The minimum absolute atomic E-state index is 0.224. The van der Waals surface area contributed by atoms with E-state index in [-0.39, 0.29) is 32.1 Å². The Balaban J connectivity index is 1.95. The Kier molecular flexibility index (Phi) is 6.78. The fourth-order valence-electron chi connectivity index (χ4n) is 2.97. The number of carbonyl (C=O) groups is 2. The zero-order chi connectivity index (χ0) is 21.3. The molecule has 1 atom stereocenters. The monoisotopic (exact) mass is 431 g/mol. The number of hydrogen-bond donors (Lipinski definition) is 1. The maximum absolute atomic E-state index is 12.9. The van der Waals surface area contributed by atoms with E-state index in [0.717, 1.165) is 9.75 Å². The Bertz CT molecular complexity index is 834. The van der Waals surface area contributed by atoms with Crippen LogP contribution in [0.1, 0.15) is 37.4 Å². The Morgan fingerprint density at radius 2 is 1.75 bits per heavy atom. The average Bonchev–Trinajstić information content (AvgIpc) is 2.91. The maximum Gasteiger partial charge on any atom is 0.408 e. The maximum atomic E-state index is 12.9. The zero-order valence-electron chi connectivity index (χ0n) is 17.2. The number of nitrogens with one attached hydrogen (secondary N) is 1. The molecule has 2 rings (SSSR count). The number of sulfonamides is 1. The summed E-state index contributed by atoms with van der Waals surface area (Å²) in [7, 11) is -3.56. The summed E-state index contributed by atoms with van der Waals surface area (Å²) in [5, 5.41) is 2.53. The zero-order valence-corrected chi connectivity index (χ0v) is 18.9. The van der Waals surface area contributed by atoms with Gasteiger partial charge in [0.2, 0.25) is 15.9 Å². The molecule has 1 aliphatic rings. The van der Waals surface area contributed by atoms with Crippen LogP contribution >= 0.6 is 11.3 Å². The predicted octanol–water partition coefficient (Wildman–Crippen LogP) is 2.11. The fourth-order valence-corrected chi connectivity index (χ4v) is 5.92. The van der Waals surface area contributed by atoms with Crippen LogP contribution in [0.2, 0.25) is 0 Å². The summed E-state index contributed by atoms with van der Waals surface area (Å²) >= 11 is 1.46. The standard InChI is InChI=1S/C18H29N3O5S2/c1-12-11-15(14(3)27-12)28(24,25)21-9-7-20(8-10-21)16(22)13(2)19-17(23)26-18(4,5)6/h11,13H,7-10H2,1-6H3,(H,19,23). The first-order valence-corrected chi connectivity index (χ1v) is 11.4. The lowest BCUT2D eigenvalue weighted by molar-refractivity contribution is -0.134. The Hall–Kier alpha value is -1.65. The summed E-state index contributed by atoms with van der Waals surface area (Å²) in [5.74, 6) is -0.259. The highest BCUT2D eigenvalue weighted by Crippen LogP contribution is 2.28. The van der Waals surface area contributed by atoms with Gasteiger partial charge in [0.25, 0.3) is 0 Å². The van der Waals surface area contributed by atoms with Crippen molar-refractivity contribution in [2.45, 2.75) is 58.1 Å². The minimum Gasteiger partial charge on any atom is -0.444 e. The van der Waals surface area contributed by atoms with Crippen LogP contribution in [-0.4, -0.2) is 67.4 Å². The average molecular weight is 432 g/mol. The molecule has 0 bridgehead atoms. The van der Waals surface area contributed by atoms with Crippen LogP contribution in [0.25, 0.3) is 0 Å². The van der Waals surface area contributed by atoms with Gasteiger partial charge in [0.15, 0.2) is 0 Å². The number of aryl methyl sites for hydroxylation is 2. The highest BCUT2D eigenvalue weighted by molar-refractivity contribution is 7.89. The van der Waals surface area contributed by atoms with Gasteiger partial charge in [0.1, 0.15) is 11.6 Å². The van der Waals surface area contributed by atoms with Gasteiger partial charge in [-0.1, -0.05) is 0 Å². The molecule has 0 radical (unpaired) electrons. The number of carbonyl (C=O) groups excluding carboxylic acids is 2. The van der Waals surface area contributed by atoms with Crippen molar-refractivity contribution in [3.05, 3.63) is 15.8 Å². The second-order valence-corrected chi connectivity index (χ2v) is 11.2. The molecule has 1 aromatic rings. The first kappa shape index (κ1) is 22.6. The second kappa shape index (κ2) is 8.38. The number of thiophene rings is 1. The molecule has 2 amide bonds. The smallest absolute Gasteiger partial charge is 0.408 e. The lowest BCUT2D eigenvalue weighted by Gasteiger charge is -2.35. The third-order valence-electron chi connectivity index (χ3n) is 4.27. The summed E-state index contributed by atoms with van der Waals surface area (Å²) in [6.45, 7) is 11.5. The molecule has 1 unspecified atom stereocenters. The first-order chi connectivity index (χ1) is 12.8. The van der Waals surface area contributed by atoms with Crippen LogP contribution in [0.15, 0.2) is 11.0 Å². The predicted molar refractivity (Wildman–Crippen MR) is 108 cm³/mol. The van der Waals surface area contributed by atoms with Gasteiger partial charge in [-0.05, 0) is 47.6 Å². The second-order valence-electron chi connectivity index (χ2n) is 7.87. The molecule has 1 fully saturated rings. The van der Waals surface area contributed by atoms with Gasteiger partial charge in [-0.2, -0.15) is 4.31 Å². The van der Waals surface area contributed by atoms with Crippen molar-refractivity contribution in [1.29, 1.82) is 0 Å². The van der Waals surface area contributed by atoms with Gasteiger partial charge in [0, 0.05) is 35.9 Å². The third kappa shape index (κ3) is 5.45. The molecule has 1 aromatic heterocycles. The van der Waals surface area contributed by atoms with E-state index in [1.165, 1.54) is 15.6 Å². The quantitative estimate of drug-likeness (QED) is 0.788. The summed E-state index contributed by atoms with van der Waals surface area (Å²) in [4.78, 5) is 28.0. The number of amides is 2. The van der Waals surface area contributed by atoms with Crippen LogP contribution in [0.5, 0.6) is 0 Å². The largest absolute Gasteiger partial charge is 0.444 e. The summed E-state index contributed by atoms with van der Waals surface area (Å²) in [5.41, 5.74) is -0.648. The van der Waals surface area contributed by atoms with Gasteiger partial charge in [-0.15, -0.1) is 11.3 Å². The van der Waals surface area contributed by atoms with Crippen LogP contribution in [0, 0.1) is 13.8 Å². The van der Waals surface area contributed by atoms with E-state index in [2.05, 4.69) is 5.32 Å². The lowest BCUT2D eigenvalue weighted by Crippen LogP contribution is -2.55. The lowest BCUT2D eigenvalue weighted by atomic mass is 10.2. The van der Waals surface area contributed by atoms with Gasteiger partial charge < -0.3 is 15.0 Å². The normalized spacial score (nSPS) is 17.3. The molecular formula is C18H29N3O5S2. The molecule has 0 spiro atoms. The molecular weight excluding hydrogens is 402 g/mol. The van der Waals surface area contributed by atoms with Crippen LogP contribution in [0.4, 0.5) is 4.79 Å². The van der Waals surface area contributed by atoms with E-state index in [1.807, 2.05) is 6.92 Å². The molecule has 1 N–H and O–H groups in total. The highest BCUT2D eigenvalue weighted by atomic mass is 32.2. The van der Waals surface area contributed by atoms with Gasteiger partial charge >= 0.3 is 6.09 Å². The molecule has 158 valence electrons. The molecule has 28 heavy (non-hydrogen) atoms. The van der Waals surface area contributed by atoms with Gasteiger partial charge in [-0.25, -0.2) is 13.2 Å². The van der Waals surface area contributed by atoms with Crippen molar-refractivity contribution in [2.75, 3.05) is 26.2 Å². The molecule has 0 saturated carbocycles. The molecule has 2 heterocycles. The van der Waals surface area contributed by atoms with Crippen LogP contribution in [0.3, 0.4) is 0 Å². The Morgan fingerprint density at radius 3 is 2.21 bits per heavy atom. The van der Waals surface area contributed by atoms with Crippen molar-refractivity contribution in [3.63, 3.8) is 0 Å². The highest BCUT2D eigenvalue weighted by Gasteiger charge is 2.33. The fraction of sp³-hybridized carbons (Fsp3) is 0.667. The number of nitrogens with zero attached hydrogens (tertiary/aromatic N) is 2. The van der Waals surface area contributed by atoms with Gasteiger partial charge in [-0.3, -0.25) is 4.79 Å². The van der Waals surface area contributed by atoms with E-state index in [9.17, 15) is 18.0 Å². The molecule has 1 saturated heterocycles. The molecule has 0 aromatic carbocycles. The summed E-state index contributed by atoms with van der Waals surface area (Å²) in [6, 6.07) is 0.944. The number of alkyl carbamates (subject to hydrolysis) is 1. The number of rotatable bonds is 4. The number of piperazine rings is 1. The molecule has 10 heteroatoms. The van der Waals surface area contributed by atoms with Crippen LogP contribution < -0.4 is 5.32 Å². The minimum atomic E-state index is -3.56. The van der Waals surface area contributed by atoms with Crippen molar-refractivity contribution >= 4 is 33.4 Å². The van der Waals surface area contributed by atoms with E-state index in [4.69, 9.17) is 4.74 Å². The van der Waals surface area contributed by atoms with Crippen molar-refractivity contribution in [2.24, 2.45) is 0 Å². The van der Waals surface area contributed by atoms with Crippen molar-refractivity contribution < 1.29 is 22.7 Å². The van der Waals surface area contributed by atoms with E-state index in [0.29, 0.717) is 4.90 Å². The van der Waals surface area contributed by atoms with Crippen molar-refractivity contribution in [1.82, 2.24) is 14.5 Å². The van der Waals surface area contributed by atoms with Gasteiger partial charge in [0.05, 0.1) is 4.90 Å². The summed E-state index contributed by atoms with van der Waals surface area (Å²) < 4.78 is 32.3. The molecule has 1 aliphatic heterocycles. The third-order valence-corrected chi connectivity index (χ3v) is 7.39. The van der Waals surface area contributed by atoms with Crippen molar-refractivity contribution in [3.8, 4) is 0 Å². The Labute approximate surface area is 170 Å².